The number of urea groups is 1. The minimum absolute atomic E-state index is 0.0614. The highest BCUT2D eigenvalue weighted by Gasteiger charge is 2.17. The van der Waals surface area contributed by atoms with Crippen molar-refractivity contribution in [1.29, 1.82) is 0 Å². The summed E-state index contributed by atoms with van der Waals surface area (Å²) in [5.74, 6) is -0.0614. The van der Waals surface area contributed by atoms with Crippen molar-refractivity contribution < 1.29 is 9.59 Å². The van der Waals surface area contributed by atoms with Crippen LogP contribution in [-0.2, 0) is 4.79 Å². The van der Waals surface area contributed by atoms with E-state index in [1.807, 2.05) is 17.5 Å². The minimum Gasteiger partial charge on any atom is -0.356 e. The molecule has 1 atom stereocenters. The Bertz CT molecular complexity index is 407. The van der Waals surface area contributed by atoms with Gasteiger partial charge in [-0.05, 0) is 17.9 Å². The molecule has 0 aliphatic rings. The van der Waals surface area contributed by atoms with Crippen molar-refractivity contribution in [2.45, 2.75) is 45.1 Å². The van der Waals surface area contributed by atoms with Crippen LogP contribution in [-0.4, -0.2) is 18.5 Å². The number of rotatable bonds is 9. The second-order valence-corrected chi connectivity index (χ2v) is 5.67. The van der Waals surface area contributed by atoms with Crippen LogP contribution in [0.25, 0.3) is 0 Å². The van der Waals surface area contributed by atoms with Crippen LogP contribution in [0, 0.1) is 0 Å². The molecule has 0 bridgehead atoms. The summed E-state index contributed by atoms with van der Waals surface area (Å²) < 4.78 is 0. The zero-order chi connectivity index (χ0) is 14.8. The van der Waals surface area contributed by atoms with E-state index in [1.54, 1.807) is 0 Å². The Hall–Kier alpha value is -1.56. The number of amides is 3. The minimum atomic E-state index is -0.612. The van der Waals surface area contributed by atoms with Crippen LogP contribution in [0.15, 0.2) is 17.5 Å². The van der Waals surface area contributed by atoms with Gasteiger partial charge < -0.3 is 16.4 Å². The fourth-order valence-corrected chi connectivity index (χ4v) is 2.70. The Labute approximate surface area is 123 Å². The van der Waals surface area contributed by atoms with Crippen LogP contribution in [0.1, 0.15) is 49.9 Å². The molecule has 3 amide bonds. The Morgan fingerprint density at radius 1 is 1.35 bits per heavy atom. The van der Waals surface area contributed by atoms with Gasteiger partial charge in [-0.15, -0.1) is 11.3 Å². The van der Waals surface area contributed by atoms with Crippen molar-refractivity contribution in [3.63, 3.8) is 0 Å². The summed E-state index contributed by atoms with van der Waals surface area (Å²) in [5, 5.41) is 7.40. The van der Waals surface area contributed by atoms with Gasteiger partial charge in [0.1, 0.15) is 0 Å². The van der Waals surface area contributed by atoms with E-state index in [0.717, 1.165) is 17.7 Å². The molecular weight excluding hydrogens is 274 g/mol. The van der Waals surface area contributed by atoms with Gasteiger partial charge in [0.05, 0.1) is 12.5 Å². The first-order valence-electron chi connectivity index (χ1n) is 6.99. The summed E-state index contributed by atoms with van der Waals surface area (Å²) in [6.45, 7) is 2.84. The third-order valence-corrected chi connectivity index (χ3v) is 3.93. The number of hydrogen-bond donors (Lipinski definition) is 3. The van der Waals surface area contributed by atoms with Gasteiger partial charge in [-0.1, -0.05) is 32.3 Å². The van der Waals surface area contributed by atoms with E-state index in [1.165, 1.54) is 24.2 Å². The second-order valence-electron chi connectivity index (χ2n) is 4.69. The summed E-state index contributed by atoms with van der Waals surface area (Å²) in [7, 11) is 0. The summed E-state index contributed by atoms with van der Waals surface area (Å²) in [6, 6.07) is 2.82. The van der Waals surface area contributed by atoms with Gasteiger partial charge in [-0.2, -0.15) is 0 Å². The predicted molar refractivity (Wildman–Crippen MR) is 81.5 cm³/mol. The van der Waals surface area contributed by atoms with Crippen molar-refractivity contribution in [3.05, 3.63) is 22.4 Å². The van der Waals surface area contributed by atoms with Crippen LogP contribution in [0.4, 0.5) is 4.79 Å². The smallest absolute Gasteiger partial charge is 0.312 e. The quantitative estimate of drug-likeness (QED) is 0.612. The van der Waals surface area contributed by atoms with Crippen LogP contribution >= 0.6 is 11.3 Å². The molecule has 1 rings (SSSR count). The highest BCUT2D eigenvalue weighted by atomic mass is 32.1. The topological polar surface area (TPSA) is 84.2 Å². The zero-order valence-corrected chi connectivity index (χ0v) is 12.7. The van der Waals surface area contributed by atoms with Gasteiger partial charge in [0, 0.05) is 11.4 Å². The maximum absolute atomic E-state index is 11.9. The van der Waals surface area contributed by atoms with E-state index in [0.29, 0.717) is 6.54 Å². The number of hydrogen-bond acceptors (Lipinski definition) is 3. The van der Waals surface area contributed by atoms with Crippen LogP contribution in [0.3, 0.4) is 0 Å². The average molecular weight is 297 g/mol. The van der Waals surface area contributed by atoms with Gasteiger partial charge >= 0.3 is 6.03 Å². The first-order valence-corrected chi connectivity index (χ1v) is 7.87. The highest BCUT2D eigenvalue weighted by Crippen LogP contribution is 2.21. The Kier molecular flexibility index (Phi) is 7.72. The number of unbranched alkanes of at least 4 members (excludes halogenated alkanes) is 3. The third kappa shape index (κ3) is 6.56. The summed E-state index contributed by atoms with van der Waals surface area (Å²) >= 11 is 1.50. The van der Waals surface area contributed by atoms with Gasteiger partial charge in [0.25, 0.3) is 0 Å². The molecule has 112 valence electrons. The first kappa shape index (κ1) is 16.5. The molecule has 0 aromatic carbocycles. The molecule has 0 aliphatic carbocycles. The van der Waals surface area contributed by atoms with Crippen molar-refractivity contribution in [3.8, 4) is 0 Å². The number of carbonyl (C=O) groups excluding carboxylic acids is 2. The zero-order valence-electron chi connectivity index (χ0n) is 11.9. The Morgan fingerprint density at radius 2 is 2.15 bits per heavy atom. The van der Waals surface area contributed by atoms with Crippen LogP contribution < -0.4 is 16.4 Å². The van der Waals surface area contributed by atoms with E-state index in [9.17, 15) is 9.59 Å². The van der Waals surface area contributed by atoms with E-state index < -0.39 is 6.03 Å². The standard InChI is InChI=1S/C14H23N3O2S/c1-2-3-4-5-8-16-13(18)10-11(17-14(15)19)12-7-6-9-20-12/h6-7,9,11H,2-5,8,10H2,1H3,(H,16,18)(H3,15,17,19). The van der Waals surface area contributed by atoms with Crippen molar-refractivity contribution >= 4 is 23.3 Å². The first-order chi connectivity index (χ1) is 9.63. The molecule has 0 radical (unpaired) electrons. The molecular formula is C14H23N3O2S. The molecule has 5 nitrogen and oxygen atoms in total. The predicted octanol–water partition coefficient (Wildman–Crippen LogP) is 2.54. The number of carbonyl (C=O) groups is 2. The molecule has 6 heteroatoms. The molecule has 4 N–H and O–H groups in total. The van der Waals surface area contributed by atoms with Crippen LogP contribution in [0.5, 0.6) is 0 Å². The molecule has 0 fully saturated rings. The van der Waals surface area contributed by atoms with Crippen molar-refractivity contribution in [2.24, 2.45) is 5.73 Å². The van der Waals surface area contributed by atoms with Gasteiger partial charge in [0.15, 0.2) is 0 Å². The van der Waals surface area contributed by atoms with Gasteiger partial charge in [-0.25, -0.2) is 4.79 Å². The molecule has 0 saturated carbocycles. The summed E-state index contributed by atoms with van der Waals surface area (Å²) in [5.41, 5.74) is 5.15. The SMILES string of the molecule is CCCCCCNC(=O)CC(NC(N)=O)c1cccs1. The number of nitrogens with two attached hydrogens (primary N) is 1. The average Bonchev–Trinajstić information content (AvgIpc) is 2.91. The van der Waals surface area contributed by atoms with Gasteiger partial charge in [-0.3, -0.25) is 4.79 Å². The maximum atomic E-state index is 11.9. The lowest BCUT2D eigenvalue weighted by Crippen LogP contribution is -2.36. The fraction of sp³-hybridized carbons (Fsp3) is 0.571. The molecule has 0 saturated heterocycles. The summed E-state index contributed by atoms with van der Waals surface area (Å²) in [4.78, 5) is 23.8. The fourth-order valence-electron chi connectivity index (χ4n) is 1.92. The second kappa shape index (κ2) is 9.36. The Balaban J connectivity index is 2.37. The normalized spacial score (nSPS) is 11.8. The maximum Gasteiger partial charge on any atom is 0.312 e. The number of thiophene rings is 1. The number of nitrogens with one attached hydrogen (secondary N) is 2. The van der Waals surface area contributed by atoms with Crippen LogP contribution in [0.2, 0.25) is 0 Å². The van der Waals surface area contributed by atoms with E-state index in [2.05, 4.69) is 17.6 Å². The van der Waals surface area contributed by atoms with E-state index in [-0.39, 0.29) is 18.4 Å². The molecule has 0 spiro atoms. The van der Waals surface area contributed by atoms with E-state index in [4.69, 9.17) is 5.73 Å². The lowest BCUT2D eigenvalue weighted by atomic mass is 10.1. The highest BCUT2D eigenvalue weighted by molar-refractivity contribution is 7.10. The summed E-state index contributed by atoms with van der Waals surface area (Å²) in [6.07, 6.45) is 4.71. The monoisotopic (exact) mass is 297 g/mol. The number of primary amides is 1. The van der Waals surface area contributed by atoms with Gasteiger partial charge in [0.2, 0.25) is 5.91 Å². The van der Waals surface area contributed by atoms with E-state index >= 15 is 0 Å². The molecule has 1 unspecified atom stereocenters. The van der Waals surface area contributed by atoms with Crippen molar-refractivity contribution in [1.82, 2.24) is 10.6 Å². The molecule has 20 heavy (non-hydrogen) atoms. The Morgan fingerprint density at radius 3 is 2.75 bits per heavy atom. The molecule has 0 aliphatic heterocycles. The molecule has 1 aromatic heterocycles. The van der Waals surface area contributed by atoms with Crippen molar-refractivity contribution in [2.75, 3.05) is 6.54 Å². The lowest BCUT2D eigenvalue weighted by molar-refractivity contribution is -0.121. The third-order valence-electron chi connectivity index (χ3n) is 2.95. The molecule has 1 aromatic rings. The largest absolute Gasteiger partial charge is 0.356 e. The lowest BCUT2D eigenvalue weighted by Gasteiger charge is -2.15. The molecule has 1 heterocycles.